The molecule has 2 N–H and O–H groups in total. The van der Waals surface area contributed by atoms with Gasteiger partial charge in [0.05, 0.1) is 19.3 Å². The van der Waals surface area contributed by atoms with E-state index in [9.17, 15) is 9.90 Å². The Balaban J connectivity index is 2.16. The molecule has 116 valence electrons. The predicted octanol–water partition coefficient (Wildman–Crippen LogP) is 1.77. The van der Waals surface area contributed by atoms with E-state index in [1.807, 2.05) is 6.92 Å². The first-order valence-corrected chi connectivity index (χ1v) is 7.40. The normalized spacial score (nSPS) is 22.4. The third-order valence-corrected chi connectivity index (χ3v) is 3.60. The Bertz CT molecular complexity index is 320. The molecule has 0 heterocycles. The van der Waals surface area contributed by atoms with Crippen molar-refractivity contribution in [1.82, 2.24) is 10.2 Å². The lowest BCUT2D eigenvalue weighted by atomic mass is 9.86. The van der Waals surface area contributed by atoms with Gasteiger partial charge in [-0.15, -0.1) is 0 Å². The predicted molar refractivity (Wildman–Crippen MR) is 79.6 cm³/mol. The monoisotopic (exact) mass is 284 g/mol. The molecule has 2 amide bonds. The molecule has 1 aliphatic rings. The minimum Gasteiger partial charge on any atom is -0.393 e. The molecule has 1 fully saturated rings. The molecule has 0 spiro atoms. The number of ether oxygens (including phenoxy) is 1. The van der Waals surface area contributed by atoms with Gasteiger partial charge < -0.3 is 20.1 Å². The van der Waals surface area contributed by atoms with Gasteiger partial charge in [-0.25, -0.2) is 4.79 Å². The molecule has 5 heteroatoms. The van der Waals surface area contributed by atoms with Crippen LogP contribution in [0, 0.1) is 5.92 Å². The van der Waals surface area contributed by atoms with Gasteiger partial charge in [0.1, 0.15) is 0 Å². The Hall–Kier alpha value is -1.07. The minimum atomic E-state index is -0.266. The Kier molecular flexibility index (Phi) is 7.62. The lowest BCUT2D eigenvalue weighted by Crippen LogP contribution is -2.43. The van der Waals surface area contributed by atoms with Crippen LogP contribution in [0.5, 0.6) is 0 Å². The fourth-order valence-corrected chi connectivity index (χ4v) is 2.45. The number of aliphatic hydroxyl groups is 1. The molecule has 0 aromatic carbocycles. The molecule has 0 saturated heterocycles. The maximum atomic E-state index is 11.9. The molecule has 0 radical (unpaired) electrons. The quantitative estimate of drug-likeness (QED) is 0.553. The summed E-state index contributed by atoms with van der Waals surface area (Å²) in [6.07, 6.45) is 3.83. The summed E-state index contributed by atoms with van der Waals surface area (Å²) in [4.78, 5) is 13.5. The summed E-state index contributed by atoms with van der Waals surface area (Å²) in [5.74, 6) is 0.208. The highest BCUT2D eigenvalue weighted by Gasteiger charge is 2.25. The first-order chi connectivity index (χ1) is 9.50. The lowest BCUT2D eigenvalue weighted by molar-refractivity contribution is 0.0563. The van der Waals surface area contributed by atoms with Gasteiger partial charge in [-0.05, 0) is 19.8 Å². The SMILES string of the molecule is C=C(C)COCCNC(=O)N(C)CC1CCCCC1O. The molecule has 1 aliphatic carbocycles. The molecule has 1 saturated carbocycles. The summed E-state index contributed by atoms with van der Waals surface area (Å²) in [5.41, 5.74) is 0.972. The number of amides is 2. The summed E-state index contributed by atoms with van der Waals surface area (Å²) in [6, 6.07) is -0.110. The van der Waals surface area contributed by atoms with Gasteiger partial charge in [0.15, 0.2) is 0 Å². The fourth-order valence-electron chi connectivity index (χ4n) is 2.45. The van der Waals surface area contributed by atoms with Crippen molar-refractivity contribution in [3.05, 3.63) is 12.2 Å². The minimum absolute atomic E-state index is 0.110. The van der Waals surface area contributed by atoms with Gasteiger partial charge in [0.2, 0.25) is 0 Å². The number of carbonyl (C=O) groups excluding carboxylic acids is 1. The summed E-state index contributed by atoms with van der Waals surface area (Å²) in [6.45, 7) is 7.76. The highest BCUT2D eigenvalue weighted by Crippen LogP contribution is 2.24. The van der Waals surface area contributed by atoms with E-state index in [1.165, 1.54) is 0 Å². The van der Waals surface area contributed by atoms with Crippen LogP contribution in [0.4, 0.5) is 4.79 Å². The zero-order chi connectivity index (χ0) is 15.0. The van der Waals surface area contributed by atoms with Crippen molar-refractivity contribution in [3.8, 4) is 0 Å². The van der Waals surface area contributed by atoms with Gasteiger partial charge in [-0.1, -0.05) is 25.0 Å². The average molecular weight is 284 g/mol. The summed E-state index contributed by atoms with van der Waals surface area (Å²) in [5, 5.41) is 12.7. The fraction of sp³-hybridized carbons (Fsp3) is 0.800. The van der Waals surface area contributed by atoms with Crippen LogP contribution in [-0.2, 0) is 4.74 Å². The molecule has 20 heavy (non-hydrogen) atoms. The number of urea groups is 1. The maximum absolute atomic E-state index is 11.9. The molecular formula is C15H28N2O3. The third kappa shape index (κ3) is 6.39. The number of aliphatic hydroxyl groups excluding tert-OH is 1. The van der Waals surface area contributed by atoms with Crippen molar-refractivity contribution in [3.63, 3.8) is 0 Å². The number of hydrogen-bond donors (Lipinski definition) is 2. The van der Waals surface area contributed by atoms with E-state index in [1.54, 1.807) is 11.9 Å². The Morgan fingerprint density at radius 2 is 2.15 bits per heavy atom. The highest BCUT2D eigenvalue weighted by atomic mass is 16.5. The van der Waals surface area contributed by atoms with Crippen LogP contribution in [-0.4, -0.2) is 55.5 Å². The summed E-state index contributed by atoms with van der Waals surface area (Å²) in [7, 11) is 1.77. The Morgan fingerprint density at radius 3 is 2.80 bits per heavy atom. The summed E-state index contributed by atoms with van der Waals surface area (Å²) < 4.78 is 5.32. The zero-order valence-corrected chi connectivity index (χ0v) is 12.7. The molecule has 0 bridgehead atoms. The largest absolute Gasteiger partial charge is 0.393 e. The van der Waals surface area contributed by atoms with Crippen molar-refractivity contribution in [2.24, 2.45) is 5.92 Å². The van der Waals surface area contributed by atoms with Crippen LogP contribution in [0.3, 0.4) is 0 Å². The van der Waals surface area contributed by atoms with E-state index >= 15 is 0 Å². The van der Waals surface area contributed by atoms with Gasteiger partial charge in [0.25, 0.3) is 0 Å². The van der Waals surface area contributed by atoms with E-state index in [-0.39, 0.29) is 18.1 Å². The van der Waals surface area contributed by atoms with Gasteiger partial charge in [0, 0.05) is 26.1 Å². The standard InChI is InChI=1S/C15H28N2O3/c1-12(2)11-20-9-8-16-15(19)17(3)10-13-6-4-5-7-14(13)18/h13-14,18H,1,4-11H2,2-3H3,(H,16,19). The van der Waals surface area contributed by atoms with Crippen molar-refractivity contribution in [2.45, 2.75) is 38.7 Å². The average Bonchev–Trinajstić information content (AvgIpc) is 2.40. The molecule has 0 aromatic rings. The first kappa shape index (κ1) is 17.0. The molecule has 2 unspecified atom stereocenters. The molecule has 1 rings (SSSR count). The summed E-state index contributed by atoms with van der Waals surface area (Å²) >= 11 is 0. The molecule has 2 atom stereocenters. The molecule has 0 aromatic heterocycles. The van der Waals surface area contributed by atoms with Crippen molar-refractivity contribution < 1.29 is 14.6 Å². The maximum Gasteiger partial charge on any atom is 0.317 e. The topological polar surface area (TPSA) is 61.8 Å². The molecule has 0 aliphatic heterocycles. The van der Waals surface area contributed by atoms with E-state index in [0.29, 0.717) is 26.3 Å². The highest BCUT2D eigenvalue weighted by molar-refractivity contribution is 5.73. The first-order valence-electron chi connectivity index (χ1n) is 7.40. The number of nitrogens with one attached hydrogen (secondary N) is 1. The van der Waals surface area contributed by atoms with Gasteiger partial charge >= 0.3 is 6.03 Å². The van der Waals surface area contributed by atoms with Crippen LogP contribution >= 0.6 is 0 Å². The van der Waals surface area contributed by atoms with Crippen molar-refractivity contribution in [1.29, 1.82) is 0 Å². The molecule has 5 nitrogen and oxygen atoms in total. The van der Waals surface area contributed by atoms with E-state index < -0.39 is 0 Å². The number of hydrogen-bond acceptors (Lipinski definition) is 3. The zero-order valence-electron chi connectivity index (χ0n) is 12.7. The second-order valence-electron chi connectivity index (χ2n) is 5.73. The third-order valence-electron chi connectivity index (χ3n) is 3.60. The number of nitrogens with zero attached hydrogens (tertiary/aromatic N) is 1. The smallest absolute Gasteiger partial charge is 0.317 e. The second kappa shape index (κ2) is 8.97. The number of carbonyl (C=O) groups is 1. The van der Waals surface area contributed by atoms with Crippen LogP contribution < -0.4 is 5.32 Å². The van der Waals surface area contributed by atoms with E-state index in [2.05, 4.69) is 11.9 Å². The number of rotatable bonds is 7. The molecular weight excluding hydrogens is 256 g/mol. The van der Waals surface area contributed by atoms with Crippen LogP contribution in [0.15, 0.2) is 12.2 Å². The van der Waals surface area contributed by atoms with Crippen LogP contribution in [0.2, 0.25) is 0 Å². The van der Waals surface area contributed by atoms with Crippen LogP contribution in [0.25, 0.3) is 0 Å². The lowest BCUT2D eigenvalue weighted by Gasteiger charge is -2.31. The second-order valence-corrected chi connectivity index (χ2v) is 5.73. The van der Waals surface area contributed by atoms with Crippen LogP contribution in [0.1, 0.15) is 32.6 Å². The van der Waals surface area contributed by atoms with Gasteiger partial charge in [-0.2, -0.15) is 0 Å². The van der Waals surface area contributed by atoms with Crippen molar-refractivity contribution >= 4 is 6.03 Å². The Labute approximate surface area is 122 Å². The van der Waals surface area contributed by atoms with E-state index in [4.69, 9.17) is 4.74 Å². The Morgan fingerprint density at radius 1 is 1.45 bits per heavy atom. The van der Waals surface area contributed by atoms with E-state index in [0.717, 1.165) is 31.3 Å². The van der Waals surface area contributed by atoms with Crippen molar-refractivity contribution in [2.75, 3.05) is 33.4 Å². The van der Waals surface area contributed by atoms with Gasteiger partial charge in [-0.3, -0.25) is 0 Å².